The summed E-state index contributed by atoms with van der Waals surface area (Å²) in [6.45, 7) is 1.69. The Kier molecular flexibility index (Phi) is 5.01. The lowest BCUT2D eigenvalue weighted by Crippen LogP contribution is -2.44. The molecule has 20 heavy (non-hydrogen) atoms. The Morgan fingerprint density at radius 3 is 2.60 bits per heavy atom. The lowest BCUT2D eigenvalue weighted by Gasteiger charge is -2.30. The summed E-state index contributed by atoms with van der Waals surface area (Å²) in [6.07, 6.45) is 2.80. The van der Waals surface area contributed by atoms with E-state index >= 15 is 0 Å². The molecule has 0 amide bonds. The molecule has 1 N–H and O–H groups in total. The monoisotopic (exact) mass is 320 g/mol. The van der Waals surface area contributed by atoms with Crippen LogP contribution >= 0.6 is 11.6 Å². The Balaban J connectivity index is 1.83. The summed E-state index contributed by atoms with van der Waals surface area (Å²) in [6, 6.07) is 4.93. The van der Waals surface area contributed by atoms with E-state index in [0.29, 0.717) is 19.6 Å². The van der Waals surface area contributed by atoms with Crippen molar-refractivity contribution in [3.63, 3.8) is 0 Å². The van der Waals surface area contributed by atoms with Gasteiger partial charge in [-0.2, -0.15) is 0 Å². The van der Waals surface area contributed by atoms with Gasteiger partial charge in [0.25, 0.3) is 0 Å². The number of hydrogen-bond acceptors (Lipinski definition) is 3. The van der Waals surface area contributed by atoms with Gasteiger partial charge in [0, 0.05) is 25.7 Å². The number of piperidine rings is 1. The fourth-order valence-electron chi connectivity index (χ4n) is 2.30. The molecule has 1 aliphatic rings. The topological polar surface area (TPSA) is 49.4 Å². The zero-order chi connectivity index (χ0) is 14.8. The summed E-state index contributed by atoms with van der Waals surface area (Å²) in [7, 11) is -3.08. The molecule has 0 aromatic heterocycles. The molecule has 0 spiro atoms. The van der Waals surface area contributed by atoms with Crippen LogP contribution < -0.4 is 5.32 Å². The summed E-state index contributed by atoms with van der Waals surface area (Å²) < 4.78 is 37.3. The molecule has 0 unspecified atom stereocenters. The first-order valence-electron chi connectivity index (χ1n) is 6.48. The fourth-order valence-corrected chi connectivity index (χ4v) is 3.38. The Morgan fingerprint density at radius 2 is 2.05 bits per heavy atom. The van der Waals surface area contributed by atoms with Gasteiger partial charge in [-0.1, -0.05) is 17.7 Å². The van der Waals surface area contributed by atoms with E-state index in [1.165, 1.54) is 16.6 Å². The molecule has 1 aliphatic heterocycles. The van der Waals surface area contributed by atoms with Crippen molar-refractivity contribution in [2.24, 2.45) is 0 Å². The van der Waals surface area contributed by atoms with Gasteiger partial charge in [0.05, 0.1) is 11.3 Å². The molecular formula is C13H18ClFN2O2S. The maximum atomic E-state index is 13.0. The molecule has 1 aromatic carbocycles. The van der Waals surface area contributed by atoms with E-state index in [1.54, 1.807) is 12.1 Å². The van der Waals surface area contributed by atoms with Gasteiger partial charge in [-0.15, -0.1) is 0 Å². The molecule has 4 nitrogen and oxygen atoms in total. The van der Waals surface area contributed by atoms with Crippen molar-refractivity contribution in [2.45, 2.75) is 25.4 Å². The van der Waals surface area contributed by atoms with Gasteiger partial charge in [0.1, 0.15) is 5.82 Å². The number of nitrogens with zero attached hydrogens (tertiary/aromatic N) is 1. The van der Waals surface area contributed by atoms with E-state index in [4.69, 9.17) is 11.6 Å². The van der Waals surface area contributed by atoms with Crippen LogP contribution in [0.4, 0.5) is 4.39 Å². The Labute approximate surface area is 124 Å². The number of benzene rings is 1. The summed E-state index contributed by atoms with van der Waals surface area (Å²) in [4.78, 5) is 0. The van der Waals surface area contributed by atoms with Crippen LogP contribution in [-0.4, -0.2) is 38.1 Å². The average molecular weight is 321 g/mol. The van der Waals surface area contributed by atoms with Crippen LogP contribution in [0.1, 0.15) is 18.4 Å². The van der Waals surface area contributed by atoms with Crippen LogP contribution in [0.3, 0.4) is 0 Å². The molecule has 1 aromatic rings. The number of sulfonamides is 1. The van der Waals surface area contributed by atoms with E-state index < -0.39 is 15.8 Å². The maximum absolute atomic E-state index is 13.0. The van der Waals surface area contributed by atoms with Gasteiger partial charge in [-0.3, -0.25) is 0 Å². The van der Waals surface area contributed by atoms with Crippen molar-refractivity contribution >= 4 is 21.6 Å². The second-order valence-corrected chi connectivity index (χ2v) is 7.46. The lowest BCUT2D eigenvalue weighted by atomic mass is 10.1. The minimum Gasteiger partial charge on any atom is -0.310 e. The third-order valence-corrected chi connectivity index (χ3v) is 5.09. The van der Waals surface area contributed by atoms with E-state index in [-0.39, 0.29) is 11.1 Å². The normalized spacial score (nSPS) is 18.4. The molecule has 2 rings (SSSR count). The van der Waals surface area contributed by atoms with Crippen molar-refractivity contribution in [1.29, 1.82) is 0 Å². The molecule has 0 radical (unpaired) electrons. The average Bonchev–Trinajstić information content (AvgIpc) is 2.40. The van der Waals surface area contributed by atoms with Crippen molar-refractivity contribution in [3.05, 3.63) is 34.6 Å². The third kappa shape index (κ3) is 4.15. The predicted octanol–water partition coefficient (Wildman–Crippen LogP) is 1.99. The molecular weight excluding hydrogens is 303 g/mol. The summed E-state index contributed by atoms with van der Waals surface area (Å²) in [5, 5.41) is 3.48. The first kappa shape index (κ1) is 15.7. The van der Waals surface area contributed by atoms with E-state index in [2.05, 4.69) is 5.32 Å². The molecule has 0 aliphatic carbocycles. The molecule has 0 saturated carbocycles. The Hall–Kier alpha value is -0.690. The first-order valence-corrected chi connectivity index (χ1v) is 8.71. The van der Waals surface area contributed by atoms with Gasteiger partial charge in [0.2, 0.25) is 10.0 Å². The quantitative estimate of drug-likeness (QED) is 0.923. The zero-order valence-electron chi connectivity index (χ0n) is 11.3. The van der Waals surface area contributed by atoms with Crippen molar-refractivity contribution in [2.75, 3.05) is 19.3 Å². The highest BCUT2D eigenvalue weighted by Gasteiger charge is 2.24. The number of nitrogens with one attached hydrogen (secondary N) is 1. The van der Waals surface area contributed by atoms with E-state index in [9.17, 15) is 12.8 Å². The zero-order valence-corrected chi connectivity index (χ0v) is 12.8. The second-order valence-electron chi connectivity index (χ2n) is 5.07. The van der Waals surface area contributed by atoms with Gasteiger partial charge >= 0.3 is 0 Å². The highest BCUT2D eigenvalue weighted by atomic mass is 35.5. The van der Waals surface area contributed by atoms with Crippen LogP contribution in [0.25, 0.3) is 0 Å². The highest BCUT2D eigenvalue weighted by Crippen LogP contribution is 2.17. The van der Waals surface area contributed by atoms with Crippen molar-refractivity contribution in [1.82, 2.24) is 9.62 Å². The van der Waals surface area contributed by atoms with Crippen molar-refractivity contribution < 1.29 is 12.8 Å². The first-order chi connectivity index (χ1) is 9.36. The standard InChI is InChI=1S/C13H18ClFN2O2S/c1-20(18,19)17-6-4-11(5-7-17)16-9-10-2-3-13(15)12(14)8-10/h2-3,8,11,16H,4-7,9H2,1H3. The van der Waals surface area contributed by atoms with E-state index in [1.807, 2.05) is 0 Å². The summed E-state index contributed by atoms with van der Waals surface area (Å²) in [5.41, 5.74) is 0.918. The molecule has 1 heterocycles. The predicted molar refractivity (Wildman–Crippen MR) is 77.7 cm³/mol. The summed E-state index contributed by atoms with van der Waals surface area (Å²) in [5.74, 6) is -0.420. The number of rotatable bonds is 4. The largest absolute Gasteiger partial charge is 0.310 e. The van der Waals surface area contributed by atoms with Crippen molar-refractivity contribution in [3.8, 4) is 0 Å². The minimum atomic E-state index is -3.08. The Morgan fingerprint density at radius 1 is 1.40 bits per heavy atom. The SMILES string of the molecule is CS(=O)(=O)N1CCC(NCc2ccc(F)c(Cl)c2)CC1. The van der Waals surface area contributed by atoms with Gasteiger partial charge in [-0.05, 0) is 30.5 Å². The number of halogens is 2. The third-order valence-electron chi connectivity index (χ3n) is 3.50. The molecule has 0 bridgehead atoms. The van der Waals surface area contributed by atoms with Gasteiger partial charge in [0.15, 0.2) is 0 Å². The maximum Gasteiger partial charge on any atom is 0.211 e. The van der Waals surface area contributed by atoms with Gasteiger partial charge in [-0.25, -0.2) is 17.1 Å². The second kappa shape index (κ2) is 6.39. The summed E-state index contributed by atoms with van der Waals surface area (Å²) >= 11 is 5.73. The van der Waals surface area contributed by atoms with Crippen LogP contribution in [-0.2, 0) is 16.6 Å². The fraction of sp³-hybridized carbons (Fsp3) is 0.538. The molecule has 7 heteroatoms. The molecule has 0 atom stereocenters. The minimum absolute atomic E-state index is 0.121. The van der Waals surface area contributed by atoms with Crippen LogP contribution in [0, 0.1) is 5.82 Å². The molecule has 1 fully saturated rings. The lowest BCUT2D eigenvalue weighted by molar-refractivity contribution is 0.290. The highest BCUT2D eigenvalue weighted by molar-refractivity contribution is 7.88. The Bertz CT molecular complexity index is 572. The smallest absolute Gasteiger partial charge is 0.211 e. The van der Waals surface area contributed by atoms with Crippen LogP contribution in [0.5, 0.6) is 0 Å². The van der Waals surface area contributed by atoms with E-state index in [0.717, 1.165) is 18.4 Å². The number of hydrogen-bond donors (Lipinski definition) is 1. The van der Waals surface area contributed by atoms with Crippen LogP contribution in [0.2, 0.25) is 5.02 Å². The molecule has 112 valence electrons. The van der Waals surface area contributed by atoms with Crippen LogP contribution in [0.15, 0.2) is 18.2 Å². The van der Waals surface area contributed by atoms with Gasteiger partial charge < -0.3 is 5.32 Å². The molecule has 1 saturated heterocycles.